The van der Waals surface area contributed by atoms with Crippen molar-refractivity contribution in [3.05, 3.63) is 22.6 Å². The van der Waals surface area contributed by atoms with Crippen molar-refractivity contribution < 1.29 is 19.4 Å². The van der Waals surface area contributed by atoms with Gasteiger partial charge in [-0.2, -0.15) is 0 Å². The van der Waals surface area contributed by atoms with Gasteiger partial charge in [0.05, 0.1) is 11.6 Å². The molecule has 0 unspecified atom stereocenters. The van der Waals surface area contributed by atoms with Crippen LogP contribution >= 0.6 is 15.9 Å². The summed E-state index contributed by atoms with van der Waals surface area (Å²) in [7, 11) is 0. The van der Waals surface area contributed by atoms with Gasteiger partial charge < -0.3 is 14.6 Å². The van der Waals surface area contributed by atoms with Crippen LogP contribution in [0.4, 0.5) is 0 Å². The highest BCUT2D eigenvalue weighted by molar-refractivity contribution is 9.10. The molecule has 2 aromatic heterocycles. The van der Waals surface area contributed by atoms with Crippen molar-refractivity contribution in [3.63, 3.8) is 0 Å². The average Bonchev–Trinajstić information content (AvgIpc) is 2.46. The fourth-order valence-electron chi connectivity index (χ4n) is 1.12. The van der Waals surface area contributed by atoms with Gasteiger partial charge in [-0.15, -0.1) is 0 Å². The zero-order valence-electron chi connectivity index (χ0n) is 6.69. The highest BCUT2D eigenvalue weighted by Crippen LogP contribution is 2.31. The molecule has 0 aliphatic carbocycles. The number of fused-ring (bicyclic) bond motifs is 1. The van der Waals surface area contributed by atoms with Crippen LogP contribution in [0.1, 0.15) is 10.5 Å². The Morgan fingerprint density at radius 2 is 2.29 bits per heavy atom. The Hall–Kier alpha value is -1.56. The molecule has 0 radical (unpaired) electrons. The lowest BCUT2D eigenvalue weighted by molar-refractivity contribution is 0.0687. The molecule has 0 aromatic carbocycles. The number of halogens is 1. The highest BCUT2D eigenvalue weighted by Gasteiger charge is 2.16. The van der Waals surface area contributed by atoms with E-state index < -0.39 is 5.97 Å². The Morgan fingerprint density at radius 1 is 1.57 bits per heavy atom. The molecule has 0 aliphatic rings. The molecule has 2 aromatic rings. The normalized spacial score (nSPS) is 10.6. The number of furan rings is 1. The molecule has 14 heavy (non-hydrogen) atoms. The first-order valence-corrected chi connectivity index (χ1v) is 4.39. The van der Waals surface area contributed by atoms with Crippen LogP contribution in [0, 0.1) is 0 Å². The van der Waals surface area contributed by atoms with Crippen molar-refractivity contribution in [2.24, 2.45) is 0 Å². The number of rotatable bonds is 1. The van der Waals surface area contributed by atoms with E-state index in [-0.39, 0.29) is 11.4 Å². The van der Waals surface area contributed by atoms with Gasteiger partial charge in [0.15, 0.2) is 21.7 Å². The number of aromatic nitrogens is 1. The summed E-state index contributed by atoms with van der Waals surface area (Å²) < 4.78 is 5.49. The first-order chi connectivity index (χ1) is 6.59. The SMILES string of the molecule is O=C(O)c1ncc2oc(Br)cc2c1O. The molecule has 5 nitrogen and oxygen atoms in total. The molecule has 2 rings (SSSR count). The lowest BCUT2D eigenvalue weighted by atomic mass is 10.2. The van der Waals surface area contributed by atoms with Crippen LogP contribution < -0.4 is 0 Å². The Labute approximate surface area is 86.1 Å². The van der Waals surface area contributed by atoms with Gasteiger partial charge in [0, 0.05) is 6.07 Å². The van der Waals surface area contributed by atoms with Crippen LogP contribution in [0.2, 0.25) is 0 Å². The zero-order chi connectivity index (χ0) is 10.3. The Morgan fingerprint density at radius 3 is 2.93 bits per heavy atom. The number of aromatic carboxylic acids is 1. The quantitative estimate of drug-likeness (QED) is 0.817. The second-order valence-electron chi connectivity index (χ2n) is 2.59. The van der Waals surface area contributed by atoms with E-state index >= 15 is 0 Å². The van der Waals surface area contributed by atoms with Crippen molar-refractivity contribution in [2.75, 3.05) is 0 Å². The van der Waals surface area contributed by atoms with Gasteiger partial charge in [0.25, 0.3) is 0 Å². The van der Waals surface area contributed by atoms with Crippen molar-refractivity contribution in [1.29, 1.82) is 0 Å². The molecule has 0 saturated heterocycles. The van der Waals surface area contributed by atoms with Gasteiger partial charge in [-0.1, -0.05) is 0 Å². The number of carboxylic acids is 1. The molecule has 0 aliphatic heterocycles. The van der Waals surface area contributed by atoms with E-state index in [0.29, 0.717) is 15.6 Å². The topological polar surface area (TPSA) is 83.6 Å². The second-order valence-corrected chi connectivity index (χ2v) is 3.37. The van der Waals surface area contributed by atoms with Gasteiger partial charge in [0.1, 0.15) is 0 Å². The third kappa shape index (κ3) is 1.24. The van der Waals surface area contributed by atoms with E-state index in [1.807, 2.05) is 0 Å². The van der Waals surface area contributed by atoms with E-state index in [1.54, 1.807) is 0 Å². The summed E-state index contributed by atoms with van der Waals surface area (Å²) in [5, 5.41) is 18.5. The van der Waals surface area contributed by atoms with Gasteiger partial charge in [-0.3, -0.25) is 0 Å². The molecule has 6 heteroatoms. The Kier molecular flexibility index (Phi) is 1.92. The predicted molar refractivity (Wildman–Crippen MR) is 50.3 cm³/mol. The Balaban J connectivity index is 2.80. The summed E-state index contributed by atoms with van der Waals surface area (Å²) in [5.41, 5.74) is -0.0508. The first-order valence-electron chi connectivity index (χ1n) is 3.60. The minimum absolute atomic E-state index is 0.323. The van der Waals surface area contributed by atoms with Crippen molar-refractivity contribution in [1.82, 2.24) is 4.98 Å². The lowest BCUT2D eigenvalue weighted by Gasteiger charge is -1.97. The Bertz CT molecular complexity index is 519. The molecule has 0 fully saturated rings. The zero-order valence-corrected chi connectivity index (χ0v) is 8.28. The fourth-order valence-corrected chi connectivity index (χ4v) is 1.53. The summed E-state index contributed by atoms with van der Waals surface area (Å²) in [5.74, 6) is -1.66. The van der Waals surface area contributed by atoms with Crippen LogP contribution in [0.3, 0.4) is 0 Å². The molecule has 0 spiro atoms. The van der Waals surface area contributed by atoms with Crippen LogP contribution in [-0.2, 0) is 0 Å². The number of carboxylic acid groups (broad SMARTS) is 1. The molecular weight excluding hydrogens is 254 g/mol. The molecule has 2 heterocycles. The summed E-state index contributed by atoms with van der Waals surface area (Å²) in [6.45, 7) is 0. The average molecular weight is 258 g/mol. The van der Waals surface area contributed by atoms with E-state index in [1.165, 1.54) is 12.3 Å². The van der Waals surface area contributed by atoms with Crippen LogP contribution in [0.15, 0.2) is 21.3 Å². The minimum Gasteiger partial charge on any atom is -0.505 e. The van der Waals surface area contributed by atoms with Gasteiger partial charge in [-0.25, -0.2) is 9.78 Å². The summed E-state index contributed by atoms with van der Waals surface area (Å²) in [6.07, 6.45) is 1.25. The van der Waals surface area contributed by atoms with Gasteiger partial charge in [0.2, 0.25) is 0 Å². The van der Waals surface area contributed by atoms with E-state index in [0.717, 1.165) is 0 Å². The third-order valence-electron chi connectivity index (χ3n) is 1.72. The number of aromatic hydroxyl groups is 1. The maximum atomic E-state index is 10.6. The van der Waals surface area contributed by atoms with Crippen LogP contribution in [-0.4, -0.2) is 21.2 Å². The molecule has 2 N–H and O–H groups in total. The molecule has 0 amide bonds. The minimum atomic E-state index is -1.28. The number of hydrogen-bond acceptors (Lipinski definition) is 4. The van der Waals surface area contributed by atoms with Crippen LogP contribution in [0.5, 0.6) is 5.75 Å². The smallest absolute Gasteiger partial charge is 0.358 e. The van der Waals surface area contributed by atoms with Crippen molar-refractivity contribution in [3.8, 4) is 5.75 Å². The first kappa shape index (κ1) is 9.01. The van der Waals surface area contributed by atoms with Gasteiger partial charge >= 0.3 is 5.97 Å². The molecule has 0 saturated carbocycles. The molecule has 0 atom stereocenters. The van der Waals surface area contributed by atoms with E-state index in [9.17, 15) is 9.90 Å². The highest BCUT2D eigenvalue weighted by atomic mass is 79.9. The van der Waals surface area contributed by atoms with E-state index in [2.05, 4.69) is 20.9 Å². The predicted octanol–water partition coefficient (Wildman–Crippen LogP) is 1.99. The third-order valence-corrected chi connectivity index (χ3v) is 2.11. The molecule has 0 bridgehead atoms. The van der Waals surface area contributed by atoms with E-state index in [4.69, 9.17) is 9.52 Å². The fraction of sp³-hybridized carbons (Fsp3) is 0. The second kappa shape index (κ2) is 2.98. The maximum Gasteiger partial charge on any atom is 0.358 e. The largest absolute Gasteiger partial charge is 0.505 e. The monoisotopic (exact) mass is 257 g/mol. The standard InChI is InChI=1S/C8H4BrNO4/c9-5-1-3-4(14-5)2-10-6(7(3)11)8(12)13/h1-2,11H,(H,12,13). The molecule has 72 valence electrons. The van der Waals surface area contributed by atoms with Crippen molar-refractivity contribution in [2.45, 2.75) is 0 Å². The molecular formula is C8H4BrNO4. The summed E-state index contributed by atoms with van der Waals surface area (Å²) >= 11 is 3.07. The van der Waals surface area contributed by atoms with Crippen LogP contribution in [0.25, 0.3) is 11.0 Å². The van der Waals surface area contributed by atoms with Gasteiger partial charge in [-0.05, 0) is 15.9 Å². The number of carbonyl (C=O) groups is 1. The lowest BCUT2D eigenvalue weighted by Crippen LogP contribution is -1.99. The number of hydrogen-bond donors (Lipinski definition) is 2. The maximum absolute atomic E-state index is 10.6. The summed E-state index contributed by atoms with van der Waals surface area (Å²) in [4.78, 5) is 14.2. The number of nitrogens with zero attached hydrogens (tertiary/aromatic N) is 1. The number of pyridine rings is 1. The summed E-state index contributed by atoms with van der Waals surface area (Å²) in [6, 6.07) is 1.48. The van der Waals surface area contributed by atoms with Crippen molar-refractivity contribution >= 4 is 32.9 Å².